The Bertz CT molecular complexity index is 906. The summed E-state index contributed by atoms with van der Waals surface area (Å²) >= 11 is 1.49. The molecule has 2 aliphatic rings. The van der Waals surface area contributed by atoms with Crippen molar-refractivity contribution in [2.75, 3.05) is 6.54 Å². The standard InChI is InChI=1S/C18H19N5OS/c24-18(15-5-4-14(25-15)17-19-7-8-20-17)23-9-6-13-12(10-23)16(22-21-13)11-2-1-3-11/h4-5,7-8,11H,1-3,6,9-10H2,(H,19,20)(H,21,22). The minimum atomic E-state index is 0.106. The molecule has 5 rings (SSSR count). The van der Waals surface area contributed by atoms with Crippen molar-refractivity contribution < 1.29 is 4.79 Å². The molecule has 3 aromatic heterocycles. The van der Waals surface area contributed by atoms with Gasteiger partial charge in [-0.3, -0.25) is 9.89 Å². The van der Waals surface area contributed by atoms with Gasteiger partial charge in [-0.15, -0.1) is 11.3 Å². The second-order valence-electron chi connectivity index (χ2n) is 6.77. The highest BCUT2D eigenvalue weighted by Gasteiger charge is 2.31. The lowest BCUT2D eigenvalue weighted by Crippen LogP contribution is -2.36. The van der Waals surface area contributed by atoms with Crippen LogP contribution in [0.1, 0.15) is 51.8 Å². The van der Waals surface area contributed by atoms with Crippen molar-refractivity contribution in [1.82, 2.24) is 25.1 Å². The largest absolute Gasteiger partial charge is 0.344 e. The highest BCUT2D eigenvalue weighted by atomic mass is 32.1. The lowest BCUT2D eigenvalue weighted by atomic mass is 9.81. The Labute approximate surface area is 149 Å². The van der Waals surface area contributed by atoms with E-state index in [0.29, 0.717) is 12.5 Å². The molecule has 1 amide bonds. The van der Waals surface area contributed by atoms with Crippen LogP contribution >= 0.6 is 11.3 Å². The van der Waals surface area contributed by atoms with Gasteiger partial charge in [-0.05, 0) is 25.0 Å². The number of rotatable bonds is 3. The van der Waals surface area contributed by atoms with Gasteiger partial charge in [-0.1, -0.05) is 6.42 Å². The summed E-state index contributed by atoms with van der Waals surface area (Å²) in [4.78, 5) is 24.0. The Balaban J connectivity index is 1.37. The molecule has 4 heterocycles. The van der Waals surface area contributed by atoms with Gasteiger partial charge in [-0.2, -0.15) is 5.10 Å². The van der Waals surface area contributed by atoms with Crippen molar-refractivity contribution in [3.63, 3.8) is 0 Å². The molecule has 1 aliphatic carbocycles. The number of carbonyl (C=O) groups excluding carboxylic acids is 1. The minimum Gasteiger partial charge on any atom is -0.344 e. The van der Waals surface area contributed by atoms with Crippen LogP contribution in [0, 0.1) is 0 Å². The zero-order valence-corrected chi connectivity index (χ0v) is 14.6. The number of nitrogens with one attached hydrogen (secondary N) is 2. The number of thiophene rings is 1. The maximum Gasteiger partial charge on any atom is 0.264 e. The summed E-state index contributed by atoms with van der Waals surface area (Å²) in [6.45, 7) is 1.41. The van der Waals surface area contributed by atoms with Crippen molar-refractivity contribution >= 4 is 17.2 Å². The van der Waals surface area contributed by atoms with E-state index in [0.717, 1.165) is 28.5 Å². The summed E-state index contributed by atoms with van der Waals surface area (Å²) in [5, 5.41) is 7.75. The number of aromatic nitrogens is 4. The first kappa shape index (κ1) is 14.9. The zero-order chi connectivity index (χ0) is 16.8. The Kier molecular flexibility index (Phi) is 3.48. The molecule has 3 aromatic rings. The Morgan fingerprint density at radius 1 is 1.32 bits per heavy atom. The van der Waals surface area contributed by atoms with Gasteiger partial charge in [0.15, 0.2) is 0 Å². The molecule has 0 bridgehead atoms. The van der Waals surface area contributed by atoms with Crippen LogP contribution in [0.3, 0.4) is 0 Å². The normalized spacial score (nSPS) is 17.4. The molecular formula is C18H19N5OS. The second kappa shape index (κ2) is 5.84. The molecule has 0 aromatic carbocycles. The van der Waals surface area contributed by atoms with Gasteiger partial charge < -0.3 is 9.88 Å². The number of nitrogens with zero attached hydrogens (tertiary/aromatic N) is 3. The van der Waals surface area contributed by atoms with E-state index < -0.39 is 0 Å². The average Bonchev–Trinajstić information content (AvgIpc) is 3.32. The van der Waals surface area contributed by atoms with Crippen LogP contribution < -0.4 is 0 Å². The molecule has 2 N–H and O–H groups in total. The monoisotopic (exact) mass is 353 g/mol. The summed E-state index contributed by atoms with van der Waals surface area (Å²) in [6, 6.07) is 3.87. The topological polar surface area (TPSA) is 77.7 Å². The van der Waals surface area contributed by atoms with Crippen LogP contribution in [0.25, 0.3) is 10.7 Å². The molecule has 7 heteroatoms. The molecule has 0 atom stereocenters. The van der Waals surface area contributed by atoms with Crippen molar-refractivity contribution in [2.24, 2.45) is 0 Å². The molecule has 0 radical (unpaired) electrons. The van der Waals surface area contributed by atoms with Crippen LogP contribution in [-0.2, 0) is 13.0 Å². The fourth-order valence-electron chi connectivity index (χ4n) is 3.65. The van der Waals surface area contributed by atoms with Gasteiger partial charge in [0, 0.05) is 49.1 Å². The van der Waals surface area contributed by atoms with Crippen LogP contribution in [0.5, 0.6) is 0 Å². The third-order valence-electron chi connectivity index (χ3n) is 5.29. The van der Waals surface area contributed by atoms with E-state index in [4.69, 9.17) is 0 Å². The van der Waals surface area contributed by atoms with E-state index in [9.17, 15) is 4.79 Å². The molecule has 0 saturated heterocycles. The third-order valence-corrected chi connectivity index (χ3v) is 6.37. The van der Waals surface area contributed by atoms with Crippen molar-refractivity contribution in [1.29, 1.82) is 0 Å². The average molecular weight is 353 g/mol. The summed E-state index contributed by atoms with van der Waals surface area (Å²) < 4.78 is 0. The first-order valence-corrected chi connectivity index (χ1v) is 9.56. The van der Waals surface area contributed by atoms with Gasteiger partial charge in [-0.25, -0.2) is 4.98 Å². The number of hydrogen-bond acceptors (Lipinski definition) is 4. The van der Waals surface area contributed by atoms with E-state index in [1.165, 1.54) is 47.6 Å². The van der Waals surface area contributed by atoms with Crippen LogP contribution in [0.15, 0.2) is 24.5 Å². The van der Waals surface area contributed by atoms with E-state index in [1.54, 1.807) is 12.4 Å². The smallest absolute Gasteiger partial charge is 0.264 e. The van der Waals surface area contributed by atoms with Crippen molar-refractivity contribution in [3.05, 3.63) is 46.4 Å². The zero-order valence-electron chi connectivity index (χ0n) is 13.8. The number of fused-ring (bicyclic) bond motifs is 1. The van der Waals surface area contributed by atoms with Crippen molar-refractivity contribution in [2.45, 2.75) is 38.1 Å². The summed E-state index contributed by atoms with van der Waals surface area (Å²) in [5.74, 6) is 1.50. The molecule has 0 unspecified atom stereocenters. The lowest BCUT2D eigenvalue weighted by molar-refractivity contribution is 0.0738. The Morgan fingerprint density at radius 3 is 3.00 bits per heavy atom. The van der Waals surface area contributed by atoms with Crippen molar-refractivity contribution in [3.8, 4) is 10.7 Å². The van der Waals surface area contributed by atoms with E-state index >= 15 is 0 Å². The van der Waals surface area contributed by atoms with Gasteiger partial charge in [0.2, 0.25) is 0 Å². The Morgan fingerprint density at radius 2 is 2.24 bits per heavy atom. The highest BCUT2D eigenvalue weighted by molar-refractivity contribution is 7.17. The Hall–Kier alpha value is -2.41. The van der Waals surface area contributed by atoms with Gasteiger partial charge in [0.1, 0.15) is 5.82 Å². The first-order valence-electron chi connectivity index (χ1n) is 8.74. The number of amides is 1. The lowest BCUT2D eigenvalue weighted by Gasteiger charge is -2.30. The molecule has 1 fully saturated rings. The number of imidazole rings is 1. The number of hydrogen-bond donors (Lipinski definition) is 2. The van der Waals surface area contributed by atoms with Crippen LogP contribution in [-0.4, -0.2) is 37.5 Å². The first-order chi connectivity index (χ1) is 12.3. The SMILES string of the molecule is O=C(c1ccc(-c2ncc[nH]2)s1)N1CCc2[nH]nc(C3CCC3)c2C1. The molecule has 0 spiro atoms. The minimum absolute atomic E-state index is 0.106. The molecule has 6 nitrogen and oxygen atoms in total. The fraction of sp³-hybridized carbons (Fsp3) is 0.389. The maximum atomic E-state index is 13.0. The third kappa shape index (κ3) is 2.50. The second-order valence-corrected chi connectivity index (χ2v) is 7.86. The van der Waals surface area contributed by atoms with Gasteiger partial charge in [0.25, 0.3) is 5.91 Å². The molecule has 25 heavy (non-hydrogen) atoms. The van der Waals surface area contributed by atoms with E-state index in [1.807, 2.05) is 17.0 Å². The maximum absolute atomic E-state index is 13.0. The van der Waals surface area contributed by atoms with Gasteiger partial charge >= 0.3 is 0 Å². The van der Waals surface area contributed by atoms with Gasteiger partial charge in [0.05, 0.1) is 15.4 Å². The van der Waals surface area contributed by atoms with Crippen LogP contribution in [0.2, 0.25) is 0 Å². The molecule has 1 aliphatic heterocycles. The number of H-pyrrole nitrogens is 2. The van der Waals surface area contributed by atoms with E-state index in [2.05, 4.69) is 20.2 Å². The molecule has 1 saturated carbocycles. The number of carbonyl (C=O) groups is 1. The fourth-order valence-corrected chi connectivity index (χ4v) is 4.58. The predicted molar refractivity (Wildman–Crippen MR) is 95.5 cm³/mol. The summed E-state index contributed by atoms with van der Waals surface area (Å²) in [7, 11) is 0. The molecular weight excluding hydrogens is 334 g/mol. The summed E-state index contributed by atoms with van der Waals surface area (Å²) in [6.07, 6.45) is 8.12. The predicted octanol–water partition coefficient (Wildman–Crippen LogP) is 3.33. The summed E-state index contributed by atoms with van der Waals surface area (Å²) in [5.41, 5.74) is 3.67. The quantitative estimate of drug-likeness (QED) is 0.758. The highest BCUT2D eigenvalue weighted by Crippen LogP contribution is 2.39. The van der Waals surface area contributed by atoms with E-state index in [-0.39, 0.29) is 5.91 Å². The number of aromatic amines is 2. The van der Waals surface area contributed by atoms with Crippen LogP contribution in [0.4, 0.5) is 0 Å². The molecule has 128 valence electrons.